The fraction of sp³-hybridized carbons (Fsp3) is 0.565. The summed E-state index contributed by atoms with van der Waals surface area (Å²) < 4.78 is 0. The lowest BCUT2D eigenvalue weighted by Gasteiger charge is -2.16. The van der Waals surface area contributed by atoms with Crippen LogP contribution < -0.4 is 10.6 Å². The van der Waals surface area contributed by atoms with Gasteiger partial charge in [-0.15, -0.1) is 0 Å². The molecule has 7 nitrogen and oxygen atoms in total. The lowest BCUT2D eigenvalue weighted by molar-refractivity contribution is -0.121. The number of likely N-dealkylation sites (tertiary alicyclic amines) is 1. The summed E-state index contributed by atoms with van der Waals surface area (Å²) in [4.78, 5) is 43.4. The minimum atomic E-state index is -0.458. The van der Waals surface area contributed by atoms with Crippen LogP contribution in [0.3, 0.4) is 0 Å². The fourth-order valence-corrected chi connectivity index (χ4v) is 5.45. The van der Waals surface area contributed by atoms with Gasteiger partial charge in [0.2, 0.25) is 5.91 Å². The first kappa shape index (κ1) is 21.9. The van der Waals surface area contributed by atoms with Gasteiger partial charge in [0.1, 0.15) is 5.25 Å². The Kier molecular flexibility index (Phi) is 7.27. The molecule has 2 heterocycles. The third-order valence-corrected chi connectivity index (χ3v) is 7.31. The predicted molar refractivity (Wildman–Crippen MR) is 123 cm³/mol. The van der Waals surface area contributed by atoms with Crippen LogP contribution in [-0.4, -0.2) is 52.2 Å². The SMILES string of the molecule is O=C(C[C@H]1SC(N2CCCC2)=NC1=O)Nc1ccc(C(=O)NC2CCCCCC2)cc1. The van der Waals surface area contributed by atoms with E-state index in [2.05, 4.69) is 20.5 Å². The summed E-state index contributed by atoms with van der Waals surface area (Å²) in [7, 11) is 0. The molecule has 0 aromatic heterocycles. The number of nitrogens with one attached hydrogen (secondary N) is 2. The number of hydrogen-bond acceptors (Lipinski definition) is 5. The molecule has 166 valence electrons. The monoisotopic (exact) mass is 442 g/mol. The Morgan fingerprint density at radius 1 is 1.00 bits per heavy atom. The van der Waals surface area contributed by atoms with Gasteiger partial charge < -0.3 is 15.5 Å². The van der Waals surface area contributed by atoms with Crippen molar-refractivity contribution in [2.45, 2.75) is 69.1 Å². The Hall–Kier alpha value is -2.35. The van der Waals surface area contributed by atoms with E-state index in [1.54, 1.807) is 24.3 Å². The van der Waals surface area contributed by atoms with Crippen LogP contribution in [-0.2, 0) is 9.59 Å². The van der Waals surface area contributed by atoms with Gasteiger partial charge in [0.05, 0.1) is 0 Å². The zero-order valence-electron chi connectivity index (χ0n) is 17.8. The first-order valence-corrected chi connectivity index (χ1v) is 12.2. The normalized spacial score (nSPS) is 22.2. The molecule has 1 atom stereocenters. The molecule has 0 unspecified atom stereocenters. The molecule has 8 heteroatoms. The molecule has 1 saturated carbocycles. The highest BCUT2D eigenvalue weighted by molar-refractivity contribution is 8.15. The highest BCUT2D eigenvalue weighted by Gasteiger charge is 2.33. The van der Waals surface area contributed by atoms with E-state index in [1.165, 1.54) is 37.4 Å². The Balaban J connectivity index is 1.25. The number of carbonyl (C=O) groups excluding carboxylic acids is 3. The summed E-state index contributed by atoms with van der Waals surface area (Å²) in [5.74, 6) is -0.517. The van der Waals surface area contributed by atoms with Gasteiger partial charge in [-0.2, -0.15) is 4.99 Å². The maximum atomic E-state index is 12.5. The molecule has 1 aromatic rings. The van der Waals surface area contributed by atoms with E-state index in [1.807, 2.05) is 0 Å². The van der Waals surface area contributed by atoms with Gasteiger partial charge in [-0.25, -0.2) is 0 Å². The van der Waals surface area contributed by atoms with Gasteiger partial charge >= 0.3 is 0 Å². The minimum absolute atomic E-state index is 0.0654. The van der Waals surface area contributed by atoms with Gasteiger partial charge in [0.15, 0.2) is 5.17 Å². The lowest BCUT2D eigenvalue weighted by Crippen LogP contribution is -2.34. The van der Waals surface area contributed by atoms with Crippen LogP contribution in [0.4, 0.5) is 5.69 Å². The number of aliphatic imine (C=N–C) groups is 1. The number of amides is 3. The third kappa shape index (κ3) is 5.87. The second-order valence-corrected chi connectivity index (χ2v) is 9.69. The van der Waals surface area contributed by atoms with Gasteiger partial charge in [-0.3, -0.25) is 14.4 Å². The molecule has 1 aromatic carbocycles. The maximum Gasteiger partial charge on any atom is 0.262 e. The largest absolute Gasteiger partial charge is 0.351 e. The summed E-state index contributed by atoms with van der Waals surface area (Å²) in [6, 6.07) is 7.17. The molecule has 3 aliphatic rings. The van der Waals surface area contributed by atoms with E-state index >= 15 is 0 Å². The van der Waals surface area contributed by atoms with Crippen molar-refractivity contribution in [3.63, 3.8) is 0 Å². The molecule has 1 saturated heterocycles. The van der Waals surface area contributed by atoms with Crippen LogP contribution in [0.5, 0.6) is 0 Å². The molecule has 0 bridgehead atoms. The molecular formula is C23H30N4O3S. The second-order valence-electron chi connectivity index (χ2n) is 8.52. The van der Waals surface area contributed by atoms with Crippen LogP contribution >= 0.6 is 11.8 Å². The van der Waals surface area contributed by atoms with Crippen molar-refractivity contribution in [1.82, 2.24) is 10.2 Å². The van der Waals surface area contributed by atoms with Crippen molar-refractivity contribution < 1.29 is 14.4 Å². The van der Waals surface area contributed by atoms with Crippen LogP contribution in [0, 0.1) is 0 Å². The molecule has 3 amide bonds. The molecule has 2 N–H and O–H groups in total. The van der Waals surface area contributed by atoms with Gasteiger partial charge in [0.25, 0.3) is 11.8 Å². The molecule has 4 rings (SSSR count). The fourth-order valence-electron chi connectivity index (χ4n) is 4.33. The summed E-state index contributed by atoms with van der Waals surface area (Å²) >= 11 is 1.39. The Labute approximate surface area is 187 Å². The first-order valence-electron chi connectivity index (χ1n) is 11.3. The third-order valence-electron chi connectivity index (χ3n) is 6.10. The van der Waals surface area contributed by atoms with Crippen LogP contribution in [0.15, 0.2) is 29.3 Å². The van der Waals surface area contributed by atoms with Gasteiger partial charge in [-0.05, 0) is 49.9 Å². The summed E-state index contributed by atoms with van der Waals surface area (Å²) in [5.41, 5.74) is 1.21. The predicted octanol–water partition coefficient (Wildman–Crippen LogP) is 3.56. The Morgan fingerprint density at radius 3 is 2.35 bits per heavy atom. The zero-order chi connectivity index (χ0) is 21.6. The molecular weight excluding hydrogens is 412 g/mol. The van der Waals surface area contributed by atoms with Crippen molar-refractivity contribution in [2.24, 2.45) is 4.99 Å². The number of nitrogens with zero attached hydrogens (tertiary/aromatic N) is 2. The summed E-state index contributed by atoms with van der Waals surface area (Å²) in [6.07, 6.45) is 9.25. The molecule has 31 heavy (non-hydrogen) atoms. The zero-order valence-corrected chi connectivity index (χ0v) is 18.6. The van der Waals surface area contributed by atoms with E-state index in [9.17, 15) is 14.4 Å². The van der Waals surface area contributed by atoms with Crippen LogP contribution in [0.25, 0.3) is 0 Å². The summed E-state index contributed by atoms with van der Waals surface area (Å²) in [5, 5.41) is 6.26. The van der Waals surface area contributed by atoms with E-state index in [0.29, 0.717) is 11.3 Å². The van der Waals surface area contributed by atoms with Gasteiger partial charge in [0, 0.05) is 36.8 Å². The summed E-state index contributed by atoms with van der Waals surface area (Å²) in [6.45, 7) is 1.86. The smallest absolute Gasteiger partial charge is 0.262 e. The van der Waals surface area contributed by atoms with Crippen molar-refractivity contribution in [3.8, 4) is 0 Å². The highest BCUT2D eigenvalue weighted by atomic mass is 32.2. The van der Waals surface area contributed by atoms with Crippen LogP contribution in [0.2, 0.25) is 0 Å². The number of anilines is 1. The molecule has 2 fully saturated rings. The number of thioether (sulfide) groups is 1. The molecule has 1 aliphatic carbocycles. The number of hydrogen-bond donors (Lipinski definition) is 2. The van der Waals surface area contributed by atoms with Crippen molar-refractivity contribution in [3.05, 3.63) is 29.8 Å². The number of amidine groups is 1. The van der Waals surface area contributed by atoms with Crippen molar-refractivity contribution in [1.29, 1.82) is 0 Å². The number of rotatable bonds is 5. The molecule has 0 radical (unpaired) electrons. The topological polar surface area (TPSA) is 90.9 Å². The number of carbonyl (C=O) groups is 3. The Bertz CT molecular complexity index is 841. The Morgan fingerprint density at radius 2 is 1.68 bits per heavy atom. The number of benzene rings is 1. The van der Waals surface area contributed by atoms with Crippen molar-refractivity contribution >= 4 is 40.3 Å². The van der Waals surface area contributed by atoms with E-state index < -0.39 is 5.25 Å². The van der Waals surface area contributed by atoms with E-state index in [0.717, 1.165) is 43.9 Å². The minimum Gasteiger partial charge on any atom is -0.351 e. The average molecular weight is 443 g/mol. The van der Waals surface area contributed by atoms with E-state index in [-0.39, 0.29) is 30.2 Å². The first-order chi connectivity index (χ1) is 15.1. The lowest BCUT2D eigenvalue weighted by atomic mass is 10.1. The van der Waals surface area contributed by atoms with Crippen LogP contribution in [0.1, 0.15) is 68.1 Å². The second kappa shape index (κ2) is 10.3. The molecule has 0 spiro atoms. The average Bonchev–Trinajstić information content (AvgIpc) is 3.33. The maximum absolute atomic E-state index is 12.5. The molecule has 2 aliphatic heterocycles. The quantitative estimate of drug-likeness (QED) is 0.681. The van der Waals surface area contributed by atoms with E-state index in [4.69, 9.17) is 0 Å². The van der Waals surface area contributed by atoms with Gasteiger partial charge in [-0.1, -0.05) is 37.4 Å². The highest BCUT2D eigenvalue weighted by Crippen LogP contribution is 2.29. The van der Waals surface area contributed by atoms with Crippen molar-refractivity contribution in [2.75, 3.05) is 18.4 Å². The standard InChI is InChI=1S/C23H30N4O3S/c28-20(15-19-22(30)26-23(31-19)27-13-5-6-14-27)24-18-11-9-16(10-12-18)21(29)25-17-7-3-1-2-4-8-17/h9-12,17,19H,1-8,13-15H2,(H,24,28)(H,25,29)/t19-/m1/s1.